The maximum absolute atomic E-state index is 12.9. The fourth-order valence-corrected chi connectivity index (χ4v) is 6.20. The summed E-state index contributed by atoms with van der Waals surface area (Å²) in [5.74, 6) is -0.0185. The molecule has 0 aliphatic rings. The molecule has 160 valence electrons. The topological polar surface area (TPSA) is 87.7 Å². The van der Waals surface area contributed by atoms with E-state index < -0.39 is 0 Å². The highest BCUT2D eigenvalue weighted by Crippen LogP contribution is 2.36. The number of aryl methyl sites for hydroxylation is 2. The maximum Gasteiger partial charge on any atom is 0.260 e. The van der Waals surface area contributed by atoms with Crippen molar-refractivity contribution in [2.24, 2.45) is 0 Å². The fourth-order valence-electron chi connectivity index (χ4n) is 3.57. The van der Waals surface area contributed by atoms with E-state index in [1.165, 1.54) is 23.1 Å². The second-order valence-corrected chi connectivity index (χ2v) is 10.6. The van der Waals surface area contributed by atoms with E-state index in [0.29, 0.717) is 15.4 Å². The molecular formula is C23H18N4O2S3. The molecule has 2 aromatic carbocycles. The molecule has 0 fully saturated rings. The monoisotopic (exact) mass is 478 g/mol. The Morgan fingerprint density at radius 3 is 2.72 bits per heavy atom. The minimum absolute atomic E-state index is 0.143. The number of fused-ring (bicyclic) bond motifs is 2. The van der Waals surface area contributed by atoms with Gasteiger partial charge in [0.2, 0.25) is 5.91 Å². The van der Waals surface area contributed by atoms with Crippen LogP contribution in [0.2, 0.25) is 0 Å². The molecule has 0 unspecified atom stereocenters. The molecule has 0 bridgehead atoms. The molecule has 32 heavy (non-hydrogen) atoms. The lowest BCUT2D eigenvalue weighted by Gasteiger charge is -2.05. The second kappa shape index (κ2) is 8.50. The van der Waals surface area contributed by atoms with Crippen molar-refractivity contribution >= 4 is 66.5 Å². The Labute approximate surface area is 195 Å². The van der Waals surface area contributed by atoms with E-state index in [1.807, 2.05) is 62.4 Å². The van der Waals surface area contributed by atoms with Gasteiger partial charge in [0.15, 0.2) is 5.16 Å². The van der Waals surface area contributed by atoms with Gasteiger partial charge in [-0.05, 0) is 37.6 Å². The number of thioether (sulfide) groups is 1. The van der Waals surface area contributed by atoms with Crippen LogP contribution in [0.25, 0.3) is 31.6 Å². The zero-order valence-corrected chi connectivity index (χ0v) is 19.7. The van der Waals surface area contributed by atoms with Gasteiger partial charge in [-0.1, -0.05) is 42.1 Å². The molecule has 0 spiro atoms. The number of hydrogen-bond donors (Lipinski definition) is 2. The van der Waals surface area contributed by atoms with Crippen molar-refractivity contribution in [3.8, 4) is 11.1 Å². The van der Waals surface area contributed by atoms with E-state index in [9.17, 15) is 9.59 Å². The molecular weight excluding hydrogens is 460 g/mol. The van der Waals surface area contributed by atoms with Gasteiger partial charge >= 0.3 is 0 Å². The molecule has 3 aromatic heterocycles. The Bertz CT molecular complexity index is 1520. The van der Waals surface area contributed by atoms with Gasteiger partial charge in [0.25, 0.3) is 5.56 Å². The van der Waals surface area contributed by atoms with Gasteiger partial charge in [-0.2, -0.15) is 0 Å². The molecule has 6 nitrogen and oxygen atoms in total. The van der Waals surface area contributed by atoms with Crippen molar-refractivity contribution in [3.05, 3.63) is 68.8 Å². The van der Waals surface area contributed by atoms with Gasteiger partial charge in [0.1, 0.15) is 4.83 Å². The zero-order chi connectivity index (χ0) is 22.2. The molecule has 0 atom stereocenters. The molecule has 0 aliphatic carbocycles. The van der Waals surface area contributed by atoms with Crippen LogP contribution < -0.4 is 10.9 Å². The Balaban J connectivity index is 1.34. The molecule has 1 amide bonds. The number of rotatable bonds is 5. The average Bonchev–Trinajstić information content (AvgIpc) is 3.31. The molecule has 5 rings (SSSR count). The quantitative estimate of drug-likeness (QED) is 0.253. The summed E-state index contributed by atoms with van der Waals surface area (Å²) in [5.41, 5.74) is 3.38. The highest BCUT2D eigenvalue weighted by molar-refractivity contribution is 7.99. The first-order chi connectivity index (χ1) is 15.5. The molecule has 0 aliphatic heterocycles. The van der Waals surface area contributed by atoms with Crippen molar-refractivity contribution in [1.82, 2.24) is 15.0 Å². The molecule has 5 aromatic rings. The van der Waals surface area contributed by atoms with Crippen LogP contribution in [0.4, 0.5) is 5.69 Å². The van der Waals surface area contributed by atoms with Crippen LogP contribution in [0.15, 0.2) is 58.5 Å². The Morgan fingerprint density at radius 2 is 1.91 bits per heavy atom. The number of carbonyl (C=O) groups excluding carboxylic acids is 1. The van der Waals surface area contributed by atoms with Crippen LogP contribution in [0.3, 0.4) is 0 Å². The summed E-state index contributed by atoms with van der Waals surface area (Å²) in [6.07, 6.45) is 0. The Morgan fingerprint density at radius 1 is 1.09 bits per heavy atom. The predicted octanol–water partition coefficient (Wildman–Crippen LogP) is 5.61. The minimum atomic E-state index is -0.188. The second-order valence-electron chi connectivity index (χ2n) is 7.20. The third-order valence-electron chi connectivity index (χ3n) is 4.90. The first-order valence-electron chi connectivity index (χ1n) is 9.86. The molecule has 0 saturated carbocycles. The summed E-state index contributed by atoms with van der Waals surface area (Å²) in [6.45, 7) is 3.96. The summed E-state index contributed by atoms with van der Waals surface area (Å²) in [6, 6.07) is 15.5. The van der Waals surface area contributed by atoms with Crippen molar-refractivity contribution in [2.75, 3.05) is 11.1 Å². The predicted molar refractivity (Wildman–Crippen MR) is 134 cm³/mol. The van der Waals surface area contributed by atoms with E-state index in [0.717, 1.165) is 36.9 Å². The molecule has 0 saturated heterocycles. The van der Waals surface area contributed by atoms with E-state index >= 15 is 0 Å². The van der Waals surface area contributed by atoms with Crippen LogP contribution in [-0.2, 0) is 4.79 Å². The SMILES string of the molecule is Cc1nc2ccc(NC(=O)CSc3nc4sc(C)c(-c5ccccc5)c4c(=O)[nH]3)cc2s1. The van der Waals surface area contributed by atoms with Gasteiger partial charge in [-0.3, -0.25) is 9.59 Å². The summed E-state index contributed by atoms with van der Waals surface area (Å²) in [5, 5.41) is 4.93. The number of amides is 1. The smallest absolute Gasteiger partial charge is 0.260 e. The number of hydrogen-bond acceptors (Lipinski definition) is 7. The van der Waals surface area contributed by atoms with Crippen LogP contribution in [-0.4, -0.2) is 26.6 Å². The third-order valence-corrected chi connectivity index (χ3v) is 7.70. The van der Waals surface area contributed by atoms with Crippen LogP contribution in [0.1, 0.15) is 9.88 Å². The van der Waals surface area contributed by atoms with E-state index in [-0.39, 0.29) is 17.2 Å². The maximum atomic E-state index is 12.9. The normalized spacial score (nSPS) is 11.3. The van der Waals surface area contributed by atoms with Crippen molar-refractivity contribution in [1.29, 1.82) is 0 Å². The van der Waals surface area contributed by atoms with E-state index in [4.69, 9.17) is 0 Å². The number of aromatic amines is 1. The van der Waals surface area contributed by atoms with Crippen molar-refractivity contribution in [3.63, 3.8) is 0 Å². The number of nitrogens with zero attached hydrogens (tertiary/aromatic N) is 2. The van der Waals surface area contributed by atoms with Gasteiger partial charge < -0.3 is 10.3 Å². The third kappa shape index (κ3) is 4.06. The minimum Gasteiger partial charge on any atom is -0.325 e. The largest absolute Gasteiger partial charge is 0.325 e. The molecule has 0 radical (unpaired) electrons. The fraction of sp³-hybridized carbons (Fsp3) is 0.130. The number of carbonyl (C=O) groups is 1. The number of anilines is 1. The molecule has 2 N–H and O–H groups in total. The van der Waals surface area contributed by atoms with Gasteiger partial charge in [0, 0.05) is 16.1 Å². The number of benzene rings is 2. The highest BCUT2D eigenvalue weighted by Gasteiger charge is 2.17. The number of aromatic nitrogens is 3. The standard InChI is InChI=1S/C23H18N4O2S3/c1-12-19(14-6-4-3-5-7-14)20-21(29)26-23(27-22(20)31-12)30-11-18(28)25-15-8-9-16-17(10-15)32-13(2)24-16/h3-10H,11H2,1-2H3,(H,25,28)(H,26,27,29). The van der Waals surface area contributed by atoms with Crippen molar-refractivity contribution in [2.45, 2.75) is 19.0 Å². The number of nitrogens with one attached hydrogen (secondary N) is 2. The van der Waals surface area contributed by atoms with Gasteiger partial charge in [0.05, 0.1) is 26.4 Å². The lowest BCUT2D eigenvalue weighted by Crippen LogP contribution is -2.15. The van der Waals surface area contributed by atoms with Crippen molar-refractivity contribution < 1.29 is 4.79 Å². The van der Waals surface area contributed by atoms with Gasteiger partial charge in [-0.25, -0.2) is 9.97 Å². The van der Waals surface area contributed by atoms with E-state index in [1.54, 1.807) is 11.3 Å². The number of thiophene rings is 1. The van der Waals surface area contributed by atoms with Gasteiger partial charge in [-0.15, -0.1) is 22.7 Å². The van der Waals surface area contributed by atoms with Crippen LogP contribution >= 0.6 is 34.4 Å². The van der Waals surface area contributed by atoms with Crippen LogP contribution in [0, 0.1) is 13.8 Å². The number of thiazole rings is 1. The Kier molecular flexibility index (Phi) is 5.54. The van der Waals surface area contributed by atoms with E-state index in [2.05, 4.69) is 20.3 Å². The Hall–Kier alpha value is -3.01. The lowest BCUT2D eigenvalue weighted by molar-refractivity contribution is -0.113. The first-order valence-corrected chi connectivity index (χ1v) is 12.5. The zero-order valence-electron chi connectivity index (χ0n) is 17.3. The highest BCUT2D eigenvalue weighted by atomic mass is 32.2. The summed E-state index contributed by atoms with van der Waals surface area (Å²) in [4.78, 5) is 38.9. The molecule has 9 heteroatoms. The average molecular weight is 479 g/mol. The summed E-state index contributed by atoms with van der Waals surface area (Å²) < 4.78 is 1.03. The summed E-state index contributed by atoms with van der Waals surface area (Å²) in [7, 11) is 0. The van der Waals surface area contributed by atoms with Crippen LogP contribution in [0.5, 0.6) is 0 Å². The molecule has 3 heterocycles. The number of H-pyrrole nitrogens is 1. The lowest BCUT2D eigenvalue weighted by atomic mass is 10.0. The summed E-state index contributed by atoms with van der Waals surface area (Å²) >= 11 is 4.30. The first kappa shape index (κ1) is 20.9.